The maximum atomic E-state index is 12.2. The number of carbonyl (C=O) groups is 1. The minimum absolute atomic E-state index is 0.0408. The predicted molar refractivity (Wildman–Crippen MR) is 108 cm³/mol. The number of rotatable bonds is 7. The van der Waals surface area contributed by atoms with E-state index in [4.69, 9.17) is 0 Å². The van der Waals surface area contributed by atoms with E-state index in [1.54, 1.807) is 0 Å². The Morgan fingerprint density at radius 1 is 0.920 bits per heavy atom. The monoisotopic (exact) mass is 339 g/mol. The quantitative estimate of drug-likeness (QED) is 0.780. The van der Waals surface area contributed by atoms with E-state index in [1.165, 1.54) is 5.69 Å². The summed E-state index contributed by atoms with van der Waals surface area (Å²) < 4.78 is 0. The Morgan fingerprint density at radius 2 is 1.64 bits per heavy atom. The molecule has 2 aromatic rings. The van der Waals surface area contributed by atoms with Crippen LogP contribution in [0.5, 0.6) is 0 Å². The van der Waals surface area contributed by atoms with Crippen LogP contribution >= 0.6 is 0 Å². The first kappa shape index (κ1) is 18.8. The SMILES string of the molecule is CCN(CC)c1ccc(NCC(=O)Nc2cc(C)ccc2C)c(C)c1. The zero-order valence-electron chi connectivity index (χ0n) is 15.9. The highest BCUT2D eigenvalue weighted by molar-refractivity contribution is 5.94. The lowest BCUT2D eigenvalue weighted by molar-refractivity contribution is -0.114. The summed E-state index contributed by atoms with van der Waals surface area (Å²) in [5.74, 6) is -0.0408. The zero-order valence-corrected chi connectivity index (χ0v) is 15.9. The van der Waals surface area contributed by atoms with Crippen molar-refractivity contribution in [3.05, 3.63) is 53.1 Å². The molecule has 25 heavy (non-hydrogen) atoms. The van der Waals surface area contributed by atoms with E-state index in [9.17, 15) is 4.79 Å². The summed E-state index contributed by atoms with van der Waals surface area (Å²) in [6, 6.07) is 12.4. The fourth-order valence-electron chi connectivity index (χ4n) is 2.87. The summed E-state index contributed by atoms with van der Waals surface area (Å²) in [5.41, 5.74) is 6.43. The van der Waals surface area contributed by atoms with Crippen molar-refractivity contribution < 1.29 is 4.79 Å². The summed E-state index contributed by atoms with van der Waals surface area (Å²) in [5, 5.41) is 6.22. The molecule has 0 spiro atoms. The van der Waals surface area contributed by atoms with Gasteiger partial charge in [0.15, 0.2) is 0 Å². The molecule has 0 aliphatic rings. The molecule has 0 aliphatic carbocycles. The lowest BCUT2D eigenvalue weighted by Gasteiger charge is -2.22. The van der Waals surface area contributed by atoms with Gasteiger partial charge in [0.25, 0.3) is 0 Å². The Hall–Kier alpha value is -2.49. The first-order chi connectivity index (χ1) is 11.9. The molecule has 0 aromatic heterocycles. The fraction of sp³-hybridized carbons (Fsp3) is 0.381. The molecule has 0 bridgehead atoms. The number of nitrogens with one attached hydrogen (secondary N) is 2. The van der Waals surface area contributed by atoms with Crippen molar-refractivity contribution in [2.45, 2.75) is 34.6 Å². The predicted octanol–water partition coefficient (Wildman–Crippen LogP) is 4.51. The van der Waals surface area contributed by atoms with E-state index in [-0.39, 0.29) is 12.5 Å². The molecule has 134 valence electrons. The molecule has 0 saturated carbocycles. The van der Waals surface area contributed by atoms with Gasteiger partial charge in [-0.05, 0) is 75.6 Å². The summed E-state index contributed by atoms with van der Waals surface area (Å²) in [6.07, 6.45) is 0. The van der Waals surface area contributed by atoms with Crippen LogP contribution in [0.25, 0.3) is 0 Å². The van der Waals surface area contributed by atoms with E-state index in [0.717, 1.165) is 41.2 Å². The van der Waals surface area contributed by atoms with Gasteiger partial charge in [0.2, 0.25) is 5.91 Å². The van der Waals surface area contributed by atoms with Gasteiger partial charge in [0.1, 0.15) is 0 Å². The van der Waals surface area contributed by atoms with Crippen molar-refractivity contribution >= 4 is 23.0 Å². The van der Waals surface area contributed by atoms with E-state index in [0.29, 0.717) is 0 Å². The van der Waals surface area contributed by atoms with Crippen molar-refractivity contribution in [1.82, 2.24) is 0 Å². The zero-order chi connectivity index (χ0) is 18.4. The second kappa shape index (κ2) is 8.56. The maximum absolute atomic E-state index is 12.2. The molecule has 4 nitrogen and oxygen atoms in total. The Morgan fingerprint density at radius 3 is 2.28 bits per heavy atom. The number of aryl methyl sites for hydroxylation is 3. The fourth-order valence-corrected chi connectivity index (χ4v) is 2.87. The van der Waals surface area contributed by atoms with Gasteiger partial charge < -0.3 is 15.5 Å². The number of benzene rings is 2. The Kier molecular flexibility index (Phi) is 6.45. The van der Waals surface area contributed by atoms with Gasteiger partial charge in [-0.15, -0.1) is 0 Å². The van der Waals surface area contributed by atoms with Crippen LogP contribution in [0.3, 0.4) is 0 Å². The highest BCUT2D eigenvalue weighted by Gasteiger charge is 2.08. The minimum atomic E-state index is -0.0408. The maximum Gasteiger partial charge on any atom is 0.243 e. The molecule has 4 heteroatoms. The lowest BCUT2D eigenvalue weighted by atomic mass is 10.1. The summed E-state index contributed by atoms with van der Waals surface area (Å²) >= 11 is 0. The van der Waals surface area contributed by atoms with Gasteiger partial charge in [-0.25, -0.2) is 0 Å². The molecule has 2 rings (SSSR count). The van der Waals surface area contributed by atoms with E-state index >= 15 is 0 Å². The minimum Gasteiger partial charge on any atom is -0.376 e. The van der Waals surface area contributed by atoms with Gasteiger partial charge in [-0.2, -0.15) is 0 Å². The van der Waals surface area contributed by atoms with Crippen molar-refractivity contribution in [2.75, 3.05) is 35.2 Å². The smallest absolute Gasteiger partial charge is 0.243 e. The van der Waals surface area contributed by atoms with E-state index < -0.39 is 0 Å². The summed E-state index contributed by atoms with van der Waals surface area (Å²) in [7, 11) is 0. The second-order valence-corrected chi connectivity index (χ2v) is 6.39. The highest BCUT2D eigenvalue weighted by Crippen LogP contribution is 2.22. The van der Waals surface area contributed by atoms with Crippen LogP contribution in [0.4, 0.5) is 17.1 Å². The molecule has 0 saturated heterocycles. The molecule has 0 radical (unpaired) electrons. The molecule has 0 aliphatic heterocycles. The molecule has 2 aromatic carbocycles. The van der Waals surface area contributed by atoms with E-state index in [1.807, 2.05) is 38.1 Å². The third-order valence-corrected chi connectivity index (χ3v) is 4.45. The van der Waals surface area contributed by atoms with Crippen LogP contribution in [0.15, 0.2) is 36.4 Å². The van der Waals surface area contributed by atoms with Gasteiger partial charge in [0, 0.05) is 30.2 Å². The molecule has 0 fully saturated rings. The topological polar surface area (TPSA) is 44.4 Å². The second-order valence-electron chi connectivity index (χ2n) is 6.39. The van der Waals surface area contributed by atoms with Crippen LogP contribution < -0.4 is 15.5 Å². The normalized spacial score (nSPS) is 10.4. The summed E-state index contributed by atoms with van der Waals surface area (Å²) in [4.78, 5) is 14.6. The number of nitrogens with zero attached hydrogens (tertiary/aromatic N) is 1. The number of hydrogen-bond acceptors (Lipinski definition) is 3. The molecular weight excluding hydrogens is 310 g/mol. The molecule has 1 amide bonds. The van der Waals surface area contributed by atoms with Crippen molar-refractivity contribution in [2.24, 2.45) is 0 Å². The molecular formula is C21H29N3O. The van der Waals surface area contributed by atoms with Crippen molar-refractivity contribution in [3.8, 4) is 0 Å². The van der Waals surface area contributed by atoms with Crippen LogP contribution in [-0.2, 0) is 4.79 Å². The largest absolute Gasteiger partial charge is 0.376 e. The van der Waals surface area contributed by atoms with Crippen LogP contribution in [-0.4, -0.2) is 25.5 Å². The third-order valence-electron chi connectivity index (χ3n) is 4.45. The average Bonchev–Trinajstić information content (AvgIpc) is 2.58. The number of hydrogen-bond donors (Lipinski definition) is 2. The van der Waals surface area contributed by atoms with Crippen molar-refractivity contribution in [3.63, 3.8) is 0 Å². The van der Waals surface area contributed by atoms with Crippen LogP contribution in [0.1, 0.15) is 30.5 Å². The lowest BCUT2D eigenvalue weighted by Crippen LogP contribution is -2.23. The number of anilines is 3. The first-order valence-corrected chi connectivity index (χ1v) is 8.91. The van der Waals surface area contributed by atoms with Crippen LogP contribution in [0, 0.1) is 20.8 Å². The third kappa shape index (κ3) is 4.99. The molecule has 0 atom stereocenters. The molecule has 0 unspecified atom stereocenters. The van der Waals surface area contributed by atoms with Gasteiger partial charge in [0.05, 0.1) is 6.54 Å². The Balaban J connectivity index is 1.98. The van der Waals surface area contributed by atoms with Gasteiger partial charge in [-0.3, -0.25) is 4.79 Å². The number of carbonyl (C=O) groups excluding carboxylic acids is 1. The summed E-state index contributed by atoms with van der Waals surface area (Å²) in [6.45, 7) is 12.6. The first-order valence-electron chi connectivity index (χ1n) is 8.91. The van der Waals surface area contributed by atoms with Gasteiger partial charge >= 0.3 is 0 Å². The average molecular weight is 339 g/mol. The van der Waals surface area contributed by atoms with E-state index in [2.05, 4.69) is 48.4 Å². The van der Waals surface area contributed by atoms with Gasteiger partial charge in [-0.1, -0.05) is 12.1 Å². The Labute approximate surface area is 151 Å². The molecule has 0 heterocycles. The standard InChI is InChI=1S/C21H29N3O/c1-6-24(7-2)18-10-11-19(17(5)13-18)22-14-21(25)23-20-12-15(3)8-9-16(20)4/h8-13,22H,6-7,14H2,1-5H3,(H,23,25). The molecule has 2 N–H and O–H groups in total. The van der Waals surface area contributed by atoms with Crippen molar-refractivity contribution in [1.29, 1.82) is 0 Å². The Bertz CT molecular complexity index is 736. The van der Waals surface area contributed by atoms with Crippen LogP contribution in [0.2, 0.25) is 0 Å². The number of amides is 1. The highest BCUT2D eigenvalue weighted by atomic mass is 16.1.